The Morgan fingerprint density at radius 3 is 2.28 bits per heavy atom. The molecule has 0 heterocycles. The maximum absolute atomic E-state index is 13.5. The lowest BCUT2D eigenvalue weighted by Gasteiger charge is -2.21. The van der Waals surface area contributed by atoms with E-state index in [1.165, 1.54) is 4.90 Å². The van der Waals surface area contributed by atoms with Crippen molar-refractivity contribution in [1.82, 2.24) is 4.90 Å². The quantitative estimate of drug-likeness (QED) is 0.894. The largest absolute Gasteiger partial charge is 0.395 e. The fraction of sp³-hybridized carbons (Fsp3) is 0.417. The minimum absolute atomic E-state index is 0.0136. The van der Waals surface area contributed by atoms with Gasteiger partial charge in [0.25, 0.3) is 5.91 Å². The summed E-state index contributed by atoms with van der Waals surface area (Å²) in [4.78, 5) is 13.2. The summed E-state index contributed by atoms with van der Waals surface area (Å²) in [6.07, 6.45) is 1.49. The Balaban J connectivity index is 2.32. The fourth-order valence-electron chi connectivity index (χ4n) is 1.83. The van der Waals surface area contributed by atoms with E-state index < -0.39 is 28.9 Å². The van der Waals surface area contributed by atoms with Gasteiger partial charge in [0, 0.05) is 24.7 Å². The van der Waals surface area contributed by atoms with Gasteiger partial charge in [-0.05, 0) is 12.8 Å². The molecule has 1 aliphatic carbocycles. The number of benzene rings is 1. The lowest BCUT2D eigenvalue weighted by atomic mass is 10.1. The molecule has 0 spiro atoms. The second-order valence-corrected chi connectivity index (χ2v) is 4.20. The standard InChI is InChI=1S/C12H12F3NO2/c13-7-5-9(14)11(10(15)6-7)12(18)16(3-4-17)8-1-2-8/h5-6,8,17H,1-4H2. The summed E-state index contributed by atoms with van der Waals surface area (Å²) >= 11 is 0. The molecule has 0 unspecified atom stereocenters. The van der Waals surface area contributed by atoms with E-state index in [-0.39, 0.29) is 19.2 Å². The van der Waals surface area contributed by atoms with Crippen LogP contribution in [0, 0.1) is 17.5 Å². The highest BCUT2D eigenvalue weighted by Crippen LogP contribution is 2.29. The first-order valence-electron chi connectivity index (χ1n) is 5.61. The Kier molecular flexibility index (Phi) is 3.56. The van der Waals surface area contributed by atoms with Gasteiger partial charge < -0.3 is 10.0 Å². The molecule has 0 saturated heterocycles. The summed E-state index contributed by atoms with van der Waals surface area (Å²) in [7, 11) is 0. The molecular weight excluding hydrogens is 247 g/mol. The van der Waals surface area contributed by atoms with E-state index in [1.807, 2.05) is 0 Å². The predicted molar refractivity (Wildman–Crippen MR) is 57.5 cm³/mol. The molecule has 0 atom stereocenters. The van der Waals surface area contributed by atoms with Crippen LogP contribution < -0.4 is 0 Å². The van der Waals surface area contributed by atoms with Crippen LogP contribution in [0.3, 0.4) is 0 Å². The van der Waals surface area contributed by atoms with Crippen LogP contribution >= 0.6 is 0 Å². The highest BCUT2D eigenvalue weighted by atomic mass is 19.1. The topological polar surface area (TPSA) is 40.5 Å². The van der Waals surface area contributed by atoms with Gasteiger partial charge in [0.15, 0.2) is 0 Å². The second-order valence-electron chi connectivity index (χ2n) is 4.20. The highest BCUT2D eigenvalue weighted by molar-refractivity contribution is 5.95. The van der Waals surface area contributed by atoms with Gasteiger partial charge in [0.05, 0.1) is 6.61 Å². The molecule has 1 fully saturated rings. The minimum atomic E-state index is -1.22. The van der Waals surface area contributed by atoms with Gasteiger partial charge in [-0.15, -0.1) is 0 Å². The summed E-state index contributed by atoms with van der Waals surface area (Å²) < 4.78 is 39.7. The number of aliphatic hydroxyl groups is 1. The first kappa shape index (κ1) is 12.9. The van der Waals surface area contributed by atoms with Crippen molar-refractivity contribution in [1.29, 1.82) is 0 Å². The van der Waals surface area contributed by atoms with Gasteiger partial charge in [-0.25, -0.2) is 13.2 Å². The van der Waals surface area contributed by atoms with Crippen LogP contribution in [0.15, 0.2) is 12.1 Å². The van der Waals surface area contributed by atoms with Crippen molar-refractivity contribution in [3.05, 3.63) is 35.1 Å². The first-order valence-corrected chi connectivity index (χ1v) is 5.61. The van der Waals surface area contributed by atoms with Crippen LogP contribution in [0.1, 0.15) is 23.2 Å². The SMILES string of the molecule is O=C(c1c(F)cc(F)cc1F)N(CCO)C1CC1. The zero-order chi connectivity index (χ0) is 13.3. The van der Waals surface area contributed by atoms with E-state index >= 15 is 0 Å². The molecule has 1 aliphatic rings. The molecule has 6 heteroatoms. The summed E-state index contributed by atoms with van der Waals surface area (Å²) in [5.41, 5.74) is -0.767. The van der Waals surface area contributed by atoms with E-state index in [1.54, 1.807) is 0 Å². The smallest absolute Gasteiger partial charge is 0.260 e. The van der Waals surface area contributed by atoms with Crippen molar-refractivity contribution in [3.8, 4) is 0 Å². The molecule has 1 saturated carbocycles. The maximum atomic E-state index is 13.5. The number of hydrogen-bond donors (Lipinski definition) is 1. The van der Waals surface area contributed by atoms with Gasteiger partial charge in [-0.1, -0.05) is 0 Å². The molecule has 2 rings (SSSR count). The first-order chi connectivity index (χ1) is 8.54. The van der Waals surface area contributed by atoms with E-state index in [4.69, 9.17) is 5.11 Å². The monoisotopic (exact) mass is 259 g/mol. The van der Waals surface area contributed by atoms with Crippen LogP contribution in [-0.4, -0.2) is 35.1 Å². The van der Waals surface area contributed by atoms with E-state index in [9.17, 15) is 18.0 Å². The average Bonchev–Trinajstić information content (AvgIpc) is 3.07. The third kappa shape index (κ3) is 2.48. The lowest BCUT2D eigenvalue weighted by molar-refractivity contribution is 0.0697. The molecule has 1 N–H and O–H groups in total. The maximum Gasteiger partial charge on any atom is 0.260 e. The molecule has 0 aromatic heterocycles. The van der Waals surface area contributed by atoms with Crippen molar-refractivity contribution in [2.75, 3.05) is 13.2 Å². The van der Waals surface area contributed by atoms with E-state index in [0.717, 1.165) is 12.8 Å². The number of halogens is 3. The second kappa shape index (κ2) is 4.97. The molecule has 1 aromatic carbocycles. The zero-order valence-electron chi connectivity index (χ0n) is 9.50. The number of hydrogen-bond acceptors (Lipinski definition) is 2. The molecule has 3 nitrogen and oxygen atoms in total. The molecule has 0 aliphatic heterocycles. The third-order valence-electron chi connectivity index (χ3n) is 2.81. The van der Waals surface area contributed by atoms with Crippen molar-refractivity contribution in [2.24, 2.45) is 0 Å². The Hall–Kier alpha value is -1.56. The van der Waals surface area contributed by atoms with Crippen molar-refractivity contribution < 1.29 is 23.1 Å². The van der Waals surface area contributed by atoms with Crippen molar-refractivity contribution in [2.45, 2.75) is 18.9 Å². The van der Waals surface area contributed by atoms with Gasteiger partial charge in [-0.2, -0.15) is 0 Å². The van der Waals surface area contributed by atoms with Crippen LogP contribution in [0.4, 0.5) is 13.2 Å². The Morgan fingerprint density at radius 2 is 1.83 bits per heavy atom. The molecule has 1 amide bonds. The van der Waals surface area contributed by atoms with Crippen LogP contribution in [0.2, 0.25) is 0 Å². The molecule has 0 bridgehead atoms. The van der Waals surface area contributed by atoms with Crippen molar-refractivity contribution in [3.63, 3.8) is 0 Å². The Labute approximate surface area is 102 Å². The normalized spacial score (nSPS) is 14.7. The van der Waals surface area contributed by atoms with Crippen LogP contribution in [0.25, 0.3) is 0 Å². The number of amides is 1. The van der Waals surface area contributed by atoms with Gasteiger partial charge in [0.1, 0.15) is 23.0 Å². The molecule has 98 valence electrons. The number of nitrogens with zero attached hydrogens (tertiary/aromatic N) is 1. The average molecular weight is 259 g/mol. The minimum Gasteiger partial charge on any atom is -0.395 e. The molecule has 0 radical (unpaired) electrons. The summed E-state index contributed by atoms with van der Waals surface area (Å²) in [6.45, 7) is -0.271. The van der Waals surface area contributed by atoms with E-state index in [2.05, 4.69) is 0 Å². The van der Waals surface area contributed by atoms with Gasteiger partial charge in [-0.3, -0.25) is 4.79 Å². The van der Waals surface area contributed by atoms with Crippen LogP contribution in [-0.2, 0) is 0 Å². The predicted octanol–water partition coefficient (Wildman–Crippen LogP) is 1.70. The number of carbonyl (C=O) groups is 1. The third-order valence-corrected chi connectivity index (χ3v) is 2.81. The fourth-order valence-corrected chi connectivity index (χ4v) is 1.83. The van der Waals surface area contributed by atoms with Gasteiger partial charge in [0.2, 0.25) is 0 Å². The van der Waals surface area contributed by atoms with Crippen molar-refractivity contribution >= 4 is 5.91 Å². The molecule has 1 aromatic rings. The Bertz CT molecular complexity index is 451. The Morgan fingerprint density at radius 1 is 1.28 bits per heavy atom. The summed E-state index contributed by atoms with van der Waals surface area (Å²) in [5.74, 6) is -4.36. The van der Waals surface area contributed by atoms with Gasteiger partial charge >= 0.3 is 0 Å². The van der Waals surface area contributed by atoms with Crippen LogP contribution in [0.5, 0.6) is 0 Å². The number of rotatable bonds is 4. The summed E-state index contributed by atoms with van der Waals surface area (Å²) in [6, 6.07) is 0.856. The summed E-state index contributed by atoms with van der Waals surface area (Å²) in [5, 5.41) is 8.85. The lowest BCUT2D eigenvalue weighted by Crippen LogP contribution is -2.36. The number of aliphatic hydroxyl groups excluding tert-OH is 1. The highest BCUT2D eigenvalue weighted by Gasteiger charge is 2.35. The van der Waals surface area contributed by atoms with E-state index in [0.29, 0.717) is 12.1 Å². The molecular formula is C12H12F3NO2. The number of carbonyl (C=O) groups excluding carboxylic acids is 1. The zero-order valence-corrected chi connectivity index (χ0v) is 9.50. The molecule has 18 heavy (non-hydrogen) atoms.